The largest absolute Gasteiger partial charge is 0.478 e. The fraction of sp³-hybridized carbons (Fsp3) is 0.200. The van der Waals surface area contributed by atoms with Crippen LogP contribution in [0.1, 0.15) is 10.4 Å². The lowest BCUT2D eigenvalue weighted by Gasteiger charge is -2.04. The van der Waals surface area contributed by atoms with Gasteiger partial charge in [0.05, 0.1) is 17.4 Å². The normalized spacial score (nSPS) is 11.4. The second kappa shape index (κ2) is 4.92. The van der Waals surface area contributed by atoms with Crippen LogP contribution < -0.4 is 10.6 Å². The van der Waals surface area contributed by atoms with Crippen LogP contribution in [0.15, 0.2) is 12.3 Å². The maximum absolute atomic E-state index is 12.1. The van der Waals surface area contributed by atoms with Gasteiger partial charge in [-0.3, -0.25) is 10.1 Å². The summed E-state index contributed by atoms with van der Waals surface area (Å²) in [5.41, 5.74) is 0.0311. The summed E-state index contributed by atoms with van der Waals surface area (Å²) in [7, 11) is 1.47. The second-order valence-corrected chi connectivity index (χ2v) is 3.85. The number of carboxylic acid groups (broad SMARTS) is 1. The number of hydrogen-bond donors (Lipinski definition) is 3. The van der Waals surface area contributed by atoms with Crippen LogP contribution in [0.25, 0.3) is 5.65 Å². The van der Waals surface area contributed by atoms with E-state index >= 15 is 0 Å². The first-order chi connectivity index (χ1) is 9.72. The number of carbonyl (C=O) groups excluding carboxylic acids is 1. The summed E-state index contributed by atoms with van der Waals surface area (Å²) in [6, 6.07) is 1.12. The van der Waals surface area contributed by atoms with Crippen molar-refractivity contribution in [2.75, 3.05) is 17.7 Å². The third-order valence-corrected chi connectivity index (χ3v) is 2.46. The topological polar surface area (TPSA) is 109 Å². The predicted octanol–water partition coefficient (Wildman–Crippen LogP) is 0.970. The molecule has 0 aliphatic rings. The zero-order chi connectivity index (χ0) is 15.8. The number of alkyl halides is 3. The number of rotatable bonds is 3. The number of carbonyl (C=O) groups is 2. The summed E-state index contributed by atoms with van der Waals surface area (Å²) in [5, 5.41) is 16.7. The fourth-order valence-electron chi connectivity index (χ4n) is 1.53. The predicted molar refractivity (Wildman–Crippen MR) is 64.2 cm³/mol. The van der Waals surface area contributed by atoms with Crippen LogP contribution in [-0.2, 0) is 4.79 Å². The molecule has 3 N–H and O–H groups in total. The van der Waals surface area contributed by atoms with Crippen molar-refractivity contribution in [1.82, 2.24) is 14.6 Å². The first-order valence-electron chi connectivity index (χ1n) is 5.42. The van der Waals surface area contributed by atoms with E-state index in [9.17, 15) is 22.8 Å². The third-order valence-electron chi connectivity index (χ3n) is 2.46. The van der Waals surface area contributed by atoms with Gasteiger partial charge in [0.25, 0.3) is 0 Å². The quantitative estimate of drug-likeness (QED) is 0.779. The van der Waals surface area contributed by atoms with Crippen LogP contribution in [0.4, 0.5) is 24.8 Å². The lowest BCUT2D eigenvalue weighted by atomic mass is 10.2. The number of halogens is 3. The number of anilines is 2. The number of nitrogens with zero attached hydrogens (tertiary/aromatic N) is 3. The fourth-order valence-corrected chi connectivity index (χ4v) is 1.53. The lowest BCUT2D eigenvalue weighted by molar-refractivity contribution is -0.167. The van der Waals surface area contributed by atoms with Gasteiger partial charge in [-0.1, -0.05) is 0 Å². The summed E-state index contributed by atoms with van der Waals surface area (Å²) in [6.45, 7) is 0. The van der Waals surface area contributed by atoms with Gasteiger partial charge in [0, 0.05) is 7.05 Å². The van der Waals surface area contributed by atoms with Crippen LogP contribution in [0.3, 0.4) is 0 Å². The van der Waals surface area contributed by atoms with Crippen molar-refractivity contribution in [3.05, 3.63) is 17.8 Å². The number of fused-ring (bicyclic) bond motifs is 1. The van der Waals surface area contributed by atoms with Gasteiger partial charge in [0.2, 0.25) is 5.95 Å². The molecule has 0 spiro atoms. The molecule has 0 radical (unpaired) electrons. The molecule has 0 aromatic carbocycles. The van der Waals surface area contributed by atoms with E-state index in [0.29, 0.717) is 0 Å². The van der Waals surface area contributed by atoms with Gasteiger partial charge in [-0.2, -0.15) is 18.2 Å². The molecule has 0 atom stereocenters. The van der Waals surface area contributed by atoms with Gasteiger partial charge < -0.3 is 10.4 Å². The maximum Gasteiger partial charge on any atom is 0.471 e. The number of amides is 1. The summed E-state index contributed by atoms with van der Waals surface area (Å²) in [6.07, 6.45) is -3.84. The molecule has 0 aliphatic carbocycles. The van der Waals surface area contributed by atoms with Crippen molar-refractivity contribution >= 4 is 29.2 Å². The van der Waals surface area contributed by atoms with Crippen molar-refractivity contribution in [2.45, 2.75) is 6.18 Å². The van der Waals surface area contributed by atoms with Gasteiger partial charge in [-0.15, -0.1) is 5.10 Å². The first-order valence-corrected chi connectivity index (χ1v) is 5.42. The molecule has 0 aliphatic heterocycles. The zero-order valence-electron chi connectivity index (χ0n) is 10.4. The van der Waals surface area contributed by atoms with Gasteiger partial charge in [0.1, 0.15) is 0 Å². The van der Waals surface area contributed by atoms with Gasteiger partial charge >= 0.3 is 18.1 Å². The van der Waals surface area contributed by atoms with E-state index in [4.69, 9.17) is 5.11 Å². The summed E-state index contributed by atoms with van der Waals surface area (Å²) < 4.78 is 37.4. The van der Waals surface area contributed by atoms with Crippen molar-refractivity contribution in [1.29, 1.82) is 0 Å². The highest BCUT2D eigenvalue weighted by atomic mass is 19.4. The van der Waals surface area contributed by atoms with Crippen molar-refractivity contribution in [3.8, 4) is 0 Å². The van der Waals surface area contributed by atoms with Gasteiger partial charge in [0.15, 0.2) is 5.65 Å². The monoisotopic (exact) mass is 303 g/mol. The molecular formula is C10H8F3N5O3. The average molecular weight is 303 g/mol. The van der Waals surface area contributed by atoms with Crippen LogP contribution in [0, 0.1) is 0 Å². The van der Waals surface area contributed by atoms with Crippen molar-refractivity contribution in [3.63, 3.8) is 0 Å². The highest BCUT2D eigenvalue weighted by Crippen LogP contribution is 2.20. The Morgan fingerprint density at radius 1 is 1.38 bits per heavy atom. The van der Waals surface area contributed by atoms with Crippen LogP contribution >= 0.6 is 0 Å². The van der Waals surface area contributed by atoms with E-state index < -0.39 is 24.0 Å². The van der Waals surface area contributed by atoms with E-state index in [0.717, 1.165) is 10.6 Å². The Balaban J connectivity index is 2.42. The van der Waals surface area contributed by atoms with Crippen molar-refractivity contribution < 1.29 is 27.9 Å². The van der Waals surface area contributed by atoms with E-state index in [1.807, 2.05) is 0 Å². The number of carboxylic acids is 1. The number of pyridine rings is 1. The first kappa shape index (κ1) is 14.6. The molecule has 2 rings (SSSR count). The van der Waals surface area contributed by atoms with Gasteiger partial charge in [-0.05, 0) is 6.07 Å². The Labute approximate surface area is 114 Å². The standard InChI is InChI=1S/C10H8F3N5O3/c1-14-5-3-18-6(2-4(5)7(19)20)15-9(17-18)16-8(21)10(11,12)13/h2-3,14H,1H3,(H,19,20)(H,16,17,21). The second-order valence-electron chi connectivity index (χ2n) is 3.85. The Bertz CT molecular complexity index is 725. The summed E-state index contributed by atoms with van der Waals surface area (Å²) in [5.74, 6) is -4.04. The highest BCUT2D eigenvalue weighted by Gasteiger charge is 2.39. The molecule has 2 aromatic heterocycles. The lowest BCUT2D eigenvalue weighted by Crippen LogP contribution is -2.30. The molecule has 0 saturated heterocycles. The molecule has 2 aromatic rings. The van der Waals surface area contributed by atoms with Crippen LogP contribution in [0.5, 0.6) is 0 Å². The molecule has 0 bridgehead atoms. The SMILES string of the molecule is CNc1cn2nc(NC(=O)C(F)(F)F)nc2cc1C(=O)O. The zero-order valence-corrected chi connectivity index (χ0v) is 10.4. The van der Waals surface area contributed by atoms with Crippen LogP contribution in [0.2, 0.25) is 0 Å². The smallest absolute Gasteiger partial charge is 0.471 e. The Hall–Kier alpha value is -2.85. The van der Waals surface area contributed by atoms with Gasteiger partial charge in [-0.25, -0.2) is 9.31 Å². The minimum atomic E-state index is -5.07. The molecule has 1 amide bonds. The van der Waals surface area contributed by atoms with Crippen molar-refractivity contribution in [2.24, 2.45) is 0 Å². The maximum atomic E-state index is 12.1. The number of aromatic nitrogens is 3. The molecule has 0 saturated carbocycles. The molecule has 0 unspecified atom stereocenters. The molecule has 0 fully saturated rings. The van der Waals surface area contributed by atoms with E-state index in [1.54, 1.807) is 0 Å². The molecule has 112 valence electrons. The Kier molecular flexibility index (Phi) is 3.41. The molecule has 11 heteroatoms. The molecular weight excluding hydrogens is 295 g/mol. The Morgan fingerprint density at radius 3 is 2.57 bits per heavy atom. The van der Waals surface area contributed by atoms with E-state index in [2.05, 4.69) is 15.4 Å². The number of aromatic carboxylic acids is 1. The average Bonchev–Trinajstić information content (AvgIpc) is 2.76. The number of hydrogen-bond acceptors (Lipinski definition) is 5. The van der Waals surface area contributed by atoms with Crippen LogP contribution in [-0.4, -0.2) is 44.8 Å². The number of nitrogens with one attached hydrogen (secondary N) is 2. The van der Waals surface area contributed by atoms with E-state index in [-0.39, 0.29) is 16.9 Å². The highest BCUT2D eigenvalue weighted by molar-refractivity contribution is 5.96. The molecule has 2 heterocycles. The summed E-state index contributed by atoms with van der Waals surface area (Å²) in [4.78, 5) is 25.4. The Morgan fingerprint density at radius 2 is 2.05 bits per heavy atom. The minimum absolute atomic E-state index is 0.0242. The molecule has 21 heavy (non-hydrogen) atoms. The third kappa shape index (κ3) is 2.85. The molecule has 8 nitrogen and oxygen atoms in total. The minimum Gasteiger partial charge on any atom is -0.478 e. The van der Waals surface area contributed by atoms with E-state index in [1.165, 1.54) is 18.6 Å². The summed E-state index contributed by atoms with van der Waals surface area (Å²) >= 11 is 0.